The number of para-hydroxylation sites is 1. The highest BCUT2D eigenvalue weighted by Gasteiger charge is 2.25. The Hall–Kier alpha value is -1.76. The Labute approximate surface area is 146 Å². The summed E-state index contributed by atoms with van der Waals surface area (Å²) in [6.07, 6.45) is 3.10. The van der Waals surface area contributed by atoms with Crippen molar-refractivity contribution in [1.82, 2.24) is 9.29 Å². The summed E-state index contributed by atoms with van der Waals surface area (Å²) in [6, 6.07) is 16.8. The van der Waals surface area contributed by atoms with Crippen LogP contribution in [-0.4, -0.2) is 30.8 Å². The van der Waals surface area contributed by atoms with Gasteiger partial charge in [-0.1, -0.05) is 36.8 Å². The maximum Gasteiger partial charge on any atom is 0.243 e. The third kappa shape index (κ3) is 4.01. The van der Waals surface area contributed by atoms with Crippen molar-refractivity contribution in [3.8, 4) is 0 Å². The Morgan fingerprint density at radius 3 is 2.25 bits per heavy atom. The molecule has 1 aliphatic heterocycles. The first-order valence-corrected chi connectivity index (χ1v) is 10.3. The fourth-order valence-electron chi connectivity index (χ4n) is 2.65. The molecule has 0 bridgehead atoms. The molecule has 0 radical (unpaired) electrons. The van der Waals surface area contributed by atoms with E-state index in [1.165, 1.54) is 4.70 Å². The summed E-state index contributed by atoms with van der Waals surface area (Å²) in [5.74, 6) is 0. The van der Waals surface area contributed by atoms with Crippen molar-refractivity contribution in [2.75, 3.05) is 13.1 Å². The smallest absolute Gasteiger partial charge is 0.243 e. The van der Waals surface area contributed by atoms with Gasteiger partial charge in [-0.2, -0.15) is 4.31 Å². The van der Waals surface area contributed by atoms with Crippen molar-refractivity contribution in [2.24, 2.45) is 0 Å². The minimum atomic E-state index is -3.23. The highest BCUT2D eigenvalue weighted by Crippen LogP contribution is 2.19. The van der Waals surface area contributed by atoms with E-state index in [9.17, 15) is 8.42 Å². The molecule has 24 heavy (non-hydrogen) atoms. The number of benzene rings is 2. The second kappa shape index (κ2) is 7.88. The van der Waals surface area contributed by atoms with Crippen LogP contribution in [0, 0.1) is 0 Å². The predicted octanol–water partition coefficient (Wildman–Crippen LogP) is 4.16. The molecule has 0 amide bonds. The minimum Gasteiger partial charge on any atom is -0.245 e. The van der Waals surface area contributed by atoms with Crippen molar-refractivity contribution in [2.45, 2.75) is 24.2 Å². The van der Waals surface area contributed by atoms with Gasteiger partial charge in [-0.05, 0) is 37.1 Å². The van der Waals surface area contributed by atoms with Gasteiger partial charge < -0.3 is 0 Å². The topological polar surface area (TPSA) is 50.3 Å². The highest BCUT2D eigenvalue weighted by molar-refractivity contribution is 7.89. The van der Waals surface area contributed by atoms with Gasteiger partial charge in [-0.15, -0.1) is 11.3 Å². The van der Waals surface area contributed by atoms with E-state index in [0.29, 0.717) is 18.0 Å². The van der Waals surface area contributed by atoms with Gasteiger partial charge in [0.05, 0.1) is 20.6 Å². The minimum absolute atomic E-state index is 0.409. The van der Waals surface area contributed by atoms with Crippen molar-refractivity contribution >= 4 is 31.6 Å². The van der Waals surface area contributed by atoms with E-state index >= 15 is 0 Å². The van der Waals surface area contributed by atoms with Gasteiger partial charge in [-0.3, -0.25) is 0 Å². The van der Waals surface area contributed by atoms with E-state index in [0.717, 1.165) is 24.8 Å². The number of sulfonamides is 1. The Morgan fingerprint density at radius 1 is 0.875 bits per heavy atom. The number of hydrogen-bond donors (Lipinski definition) is 0. The normalized spacial score (nSPS) is 15.7. The Bertz CT molecular complexity index is 840. The summed E-state index contributed by atoms with van der Waals surface area (Å²) >= 11 is 1.68. The zero-order valence-corrected chi connectivity index (χ0v) is 15.0. The quantitative estimate of drug-likeness (QED) is 0.689. The summed E-state index contributed by atoms with van der Waals surface area (Å²) in [7, 11) is -3.23. The molecule has 6 heteroatoms. The number of nitrogens with zero attached hydrogens (tertiary/aromatic N) is 2. The first kappa shape index (κ1) is 17.1. The lowest BCUT2D eigenvalue weighted by Gasteiger charge is -2.25. The zero-order chi connectivity index (χ0) is 16.8. The molecule has 0 aliphatic carbocycles. The second-order valence-electron chi connectivity index (χ2n) is 5.60. The molecule has 0 N–H and O–H groups in total. The van der Waals surface area contributed by atoms with E-state index in [1.807, 2.05) is 29.8 Å². The van der Waals surface area contributed by atoms with Gasteiger partial charge in [0.25, 0.3) is 0 Å². The van der Waals surface area contributed by atoms with Crippen LogP contribution in [0.1, 0.15) is 19.3 Å². The molecule has 3 aromatic rings. The Balaban J connectivity index is 0.000000159. The first-order valence-electron chi connectivity index (χ1n) is 8.01. The number of aromatic nitrogens is 1. The van der Waals surface area contributed by atoms with Crippen molar-refractivity contribution < 1.29 is 8.42 Å². The molecule has 1 fully saturated rings. The standard InChI is InChI=1S/C11H15NO2S.C7H5NS/c13-15(14,11-7-3-1-4-8-11)12-9-5-2-6-10-12;1-2-4-7-6(3-1)8-5-9-7/h1,3-4,7-8H,2,5-6,9-10H2;1-5H. The van der Waals surface area contributed by atoms with Gasteiger partial charge in [0.15, 0.2) is 0 Å². The van der Waals surface area contributed by atoms with Crippen LogP contribution in [0.15, 0.2) is 65.0 Å². The largest absolute Gasteiger partial charge is 0.245 e. The lowest BCUT2D eigenvalue weighted by atomic mass is 10.2. The number of rotatable bonds is 2. The summed E-state index contributed by atoms with van der Waals surface area (Å²) in [4.78, 5) is 4.55. The predicted molar refractivity (Wildman–Crippen MR) is 98.7 cm³/mol. The van der Waals surface area contributed by atoms with E-state index in [4.69, 9.17) is 0 Å². The summed E-state index contributed by atoms with van der Waals surface area (Å²) in [5, 5.41) is 0. The summed E-state index contributed by atoms with van der Waals surface area (Å²) in [5.41, 5.74) is 2.97. The molecule has 1 saturated heterocycles. The molecule has 2 heterocycles. The molecular formula is C18H20N2O2S2. The lowest BCUT2D eigenvalue weighted by Crippen LogP contribution is -2.35. The SMILES string of the molecule is O=S(=O)(c1ccccc1)N1CCCCC1.c1ccc2scnc2c1. The van der Waals surface area contributed by atoms with E-state index in [-0.39, 0.29) is 0 Å². The molecule has 4 nitrogen and oxygen atoms in total. The molecule has 126 valence electrons. The summed E-state index contributed by atoms with van der Waals surface area (Å²) in [6.45, 7) is 1.33. The molecule has 0 atom stereocenters. The number of fused-ring (bicyclic) bond motifs is 1. The highest BCUT2D eigenvalue weighted by atomic mass is 32.2. The average Bonchev–Trinajstić information content (AvgIpc) is 3.12. The Morgan fingerprint density at radius 2 is 1.54 bits per heavy atom. The third-order valence-corrected chi connectivity index (χ3v) is 6.66. The molecule has 0 spiro atoms. The van der Waals surface area contributed by atoms with E-state index in [1.54, 1.807) is 39.9 Å². The monoisotopic (exact) mass is 360 g/mol. The van der Waals surface area contributed by atoms with Crippen LogP contribution in [0.25, 0.3) is 10.2 Å². The van der Waals surface area contributed by atoms with Crippen LogP contribution in [0.2, 0.25) is 0 Å². The van der Waals surface area contributed by atoms with E-state index in [2.05, 4.69) is 11.1 Å². The van der Waals surface area contributed by atoms with Gasteiger partial charge >= 0.3 is 0 Å². The van der Waals surface area contributed by atoms with Gasteiger partial charge in [-0.25, -0.2) is 13.4 Å². The summed E-state index contributed by atoms with van der Waals surface area (Å²) < 4.78 is 27.1. The van der Waals surface area contributed by atoms with E-state index < -0.39 is 10.0 Å². The average molecular weight is 361 g/mol. The fraction of sp³-hybridized carbons (Fsp3) is 0.278. The molecular weight excluding hydrogens is 340 g/mol. The number of thiazole rings is 1. The van der Waals surface area contributed by atoms with Crippen molar-refractivity contribution in [3.05, 3.63) is 60.1 Å². The van der Waals surface area contributed by atoms with Crippen LogP contribution >= 0.6 is 11.3 Å². The lowest BCUT2D eigenvalue weighted by molar-refractivity contribution is 0.346. The first-order chi connectivity index (χ1) is 11.7. The molecule has 2 aromatic carbocycles. The number of piperidine rings is 1. The van der Waals surface area contributed by atoms with Gasteiger partial charge in [0, 0.05) is 13.1 Å². The van der Waals surface area contributed by atoms with Crippen LogP contribution in [0.4, 0.5) is 0 Å². The molecule has 1 aromatic heterocycles. The molecule has 0 saturated carbocycles. The molecule has 1 aliphatic rings. The third-order valence-electron chi connectivity index (χ3n) is 3.93. The van der Waals surface area contributed by atoms with Crippen LogP contribution < -0.4 is 0 Å². The molecule has 4 rings (SSSR count). The molecule has 0 unspecified atom stereocenters. The maximum atomic E-state index is 12.1. The second-order valence-corrected chi connectivity index (χ2v) is 8.42. The Kier molecular flexibility index (Phi) is 5.60. The maximum absolute atomic E-state index is 12.1. The van der Waals surface area contributed by atoms with Gasteiger partial charge in [0.1, 0.15) is 0 Å². The number of hydrogen-bond acceptors (Lipinski definition) is 4. The van der Waals surface area contributed by atoms with Gasteiger partial charge in [0.2, 0.25) is 10.0 Å². The zero-order valence-electron chi connectivity index (χ0n) is 13.3. The van der Waals surface area contributed by atoms with Crippen molar-refractivity contribution in [1.29, 1.82) is 0 Å². The van der Waals surface area contributed by atoms with Crippen molar-refractivity contribution in [3.63, 3.8) is 0 Å². The van der Waals surface area contributed by atoms with Crippen LogP contribution in [0.3, 0.4) is 0 Å². The fourth-order valence-corrected chi connectivity index (χ4v) is 4.87. The van der Waals surface area contributed by atoms with Crippen LogP contribution in [0.5, 0.6) is 0 Å². The van der Waals surface area contributed by atoms with Crippen LogP contribution in [-0.2, 0) is 10.0 Å².